The van der Waals surface area contributed by atoms with Crippen LogP contribution in [0.4, 0.5) is 0 Å². The minimum absolute atomic E-state index is 0.0502. The number of carbonyl (C=O) groups excluding carboxylic acids is 2. The highest BCUT2D eigenvalue weighted by molar-refractivity contribution is 6.33. The fraction of sp³-hybridized carbons (Fsp3) is 0.471. The Bertz CT molecular complexity index is 740. The second-order valence-corrected chi connectivity index (χ2v) is 6.60. The van der Waals surface area contributed by atoms with Crippen molar-refractivity contribution in [1.29, 1.82) is 0 Å². The van der Waals surface area contributed by atoms with Gasteiger partial charge in [0.25, 0.3) is 0 Å². The van der Waals surface area contributed by atoms with Crippen LogP contribution < -0.4 is 5.32 Å². The lowest BCUT2D eigenvalue weighted by Gasteiger charge is -2.21. The maximum atomic E-state index is 12.9. The Morgan fingerprint density at radius 1 is 1.33 bits per heavy atom. The molecule has 128 valence electrons. The number of ether oxygens (including phenoxy) is 1. The first-order valence-electron chi connectivity index (χ1n) is 7.95. The number of aliphatic hydroxyl groups is 1. The molecule has 2 heterocycles. The maximum Gasteiger partial charge on any atom is 0.308 e. The molecule has 2 aliphatic heterocycles. The molecule has 0 aromatic heterocycles. The van der Waals surface area contributed by atoms with Gasteiger partial charge in [0.05, 0.1) is 10.7 Å². The normalized spacial score (nSPS) is 21.9. The van der Waals surface area contributed by atoms with Crippen LogP contribution in [-0.2, 0) is 14.3 Å². The van der Waals surface area contributed by atoms with Gasteiger partial charge in [-0.1, -0.05) is 11.6 Å². The van der Waals surface area contributed by atoms with Crippen molar-refractivity contribution in [1.82, 2.24) is 5.32 Å². The second-order valence-electron chi connectivity index (χ2n) is 6.15. The van der Waals surface area contributed by atoms with E-state index in [1.807, 2.05) is 0 Å². The Kier molecular flexibility index (Phi) is 4.60. The van der Waals surface area contributed by atoms with E-state index < -0.39 is 5.97 Å². The number of aliphatic hydroxyl groups excluding tert-OH is 1. The Hall–Kier alpha value is -1.92. The van der Waals surface area contributed by atoms with Crippen LogP contribution in [0.25, 0.3) is 0 Å². The molecule has 0 atom stereocenters. The summed E-state index contributed by atoms with van der Waals surface area (Å²) in [6.45, 7) is 4.50. The van der Waals surface area contributed by atoms with E-state index in [-0.39, 0.29) is 40.4 Å². The predicted octanol–water partition coefficient (Wildman–Crippen LogP) is 2.51. The van der Waals surface area contributed by atoms with Gasteiger partial charge in [-0.15, -0.1) is 0 Å². The number of rotatable bonds is 3. The Labute approximate surface area is 144 Å². The van der Waals surface area contributed by atoms with Gasteiger partial charge < -0.3 is 15.2 Å². The lowest BCUT2D eigenvalue weighted by atomic mass is 9.90. The number of nitrogens with one attached hydrogen (secondary N) is 1. The summed E-state index contributed by atoms with van der Waals surface area (Å²) >= 11 is 6.05. The summed E-state index contributed by atoms with van der Waals surface area (Å²) in [6.07, 6.45) is 1.67. The number of aliphatic imine (C=N–C) groups is 1. The van der Waals surface area contributed by atoms with Crippen molar-refractivity contribution in [2.24, 2.45) is 10.9 Å². The average Bonchev–Trinajstić information content (AvgIpc) is 2.90. The van der Waals surface area contributed by atoms with Crippen molar-refractivity contribution >= 4 is 29.1 Å². The molecule has 7 heteroatoms. The van der Waals surface area contributed by atoms with Gasteiger partial charge in [0.1, 0.15) is 11.5 Å². The quantitative estimate of drug-likeness (QED) is 0.763. The van der Waals surface area contributed by atoms with E-state index in [2.05, 4.69) is 10.3 Å². The smallest absolute Gasteiger partial charge is 0.308 e. The Balaban J connectivity index is 2.05. The van der Waals surface area contributed by atoms with Gasteiger partial charge in [0, 0.05) is 30.4 Å². The summed E-state index contributed by atoms with van der Waals surface area (Å²) in [6, 6.07) is 0. The van der Waals surface area contributed by atoms with E-state index in [0.717, 1.165) is 25.9 Å². The molecular formula is C17H19ClN2O4. The maximum absolute atomic E-state index is 12.9. The topological polar surface area (TPSA) is 88.0 Å². The summed E-state index contributed by atoms with van der Waals surface area (Å²) in [7, 11) is 0. The zero-order chi connectivity index (χ0) is 17.4. The fourth-order valence-electron chi connectivity index (χ4n) is 3.25. The van der Waals surface area contributed by atoms with Gasteiger partial charge in [-0.2, -0.15) is 0 Å². The predicted molar refractivity (Wildman–Crippen MR) is 89.7 cm³/mol. The first kappa shape index (κ1) is 16.9. The lowest BCUT2D eigenvalue weighted by Crippen LogP contribution is -2.32. The third-order valence-electron chi connectivity index (χ3n) is 4.48. The highest BCUT2D eigenvalue weighted by Gasteiger charge is 2.38. The van der Waals surface area contributed by atoms with Crippen LogP contribution in [0.2, 0.25) is 0 Å². The van der Waals surface area contributed by atoms with Gasteiger partial charge in [-0.05, 0) is 32.9 Å². The van der Waals surface area contributed by atoms with Crippen LogP contribution in [0.3, 0.4) is 0 Å². The van der Waals surface area contributed by atoms with Crippen molar-refractivity contribution in [2.45, 2.75) is 33.1 Å². The van der Waals surface area contributed by atoms with E-state index in [1.54, 1.807) is 6.92 Å². The Morgan fingerprint density at radius 2 is 2.00 bits per heavy atom. The average molecular weight is 351 g/mol. The number of hydrogen-bond acceptors (Lipinski definition) is 6. The molecule has 0 amide bonds. The molecule has 0 bridgehead atoms. The first-order valence-corrected chi connectivity index (χ1v) is 8.32. The number of piperidine rings is 1. The molecule has 2 N–H and O–H groups in total. The molecular weight excluding hydrogens is 332 g/mol. The van der Waals surface area contributed by atoms with Crippen molar-refractivity contribution in [3.05, 3.63) is 33.4 Å². The van der Waals surface area contributed by atoms with Crippen molar-refractivity contribution in [3.8, 4) is 0 Å². The highest BCUT2D eigenvalue weighted by Crippen LogP contribution is 2.40. The van der Waals surface area contributed by atoms with Gasteiger partial charge in [0.15, 0.2) is 11.5 Å². The van der Waals surface area contributed by atoms with Gasteiger partial charge in [-0.3, -0.25) is 9.59 Å². The fourth-order valence-corrected chi connectivity index (χ4v) is 3.51. The highest BCUT2D eigenvalue weighted by atomic mass is 35.5. The number of halogens is 1. The molecule has 3 rings (SSSR count). The second kappa shape index (κ2) is 6.53. The molecule has 1 saturated heterocycles. The third kappa shape index (κ3) is 2.91. The van der Waals surface area contributed by atoms with E-state index in [9.17, 15) is 14.7 Å². The number of esters is 1. The van der Waals surface area contributed by atoms with Gasteiger partial charge >= 0.3 is 5.97 Å². The first-order chi connectivity index (χ1) is 11.4. The molecule has 0 radical (unpaired) electrons. The van der Waals surface area contributed by atoms with Gasteiger partial charge in [0.2, 0.25) is 0 Å². The standard InChI is InChI=1S/C17H19ClN2O4/c1-8-13-12(7-11(18)15(8)22)20-14(17(13)24-9(2)21)16(23)10-3-5-19-6-4-10/h10,19,22H,3-7H2,1-2H3. The number of nitrogens with zero attached hydrogens (tertiary/aromatic N) is 1. The molecule has 0 aromatic carbocycles. The van der Waals surface area contributed by atoms with Crippen LogP contribution in [0, 0.1) is 5.92 Å². The number of Topliss-reactive ketones (excluding diaryl/α,β-unsaturated/α-hetero) is 1. The van der Waals surface area contributed by atoms with E-state index >= 15 is 0 Å². The Morgan fingerprint density at radius 3 is 2.62 bits per heavy atom. The van der Waals surface area contributed by atoms with Gasteiger partial charge in [-0.25, -0.2) is 4.99 Å². The molecule has 0 spiro atoms. The molecule has 0 saturated carbocycles. The summed E-state index contributed by atoms with van der Waals surface area (Å²) < 4.78 is 5.31. The zero-order valence-electron chi connectivity index (χ0n) is 13.6. The molecule has 1 fully saturated rings. The van der Waals surface area contributed by atoms with Crippen molar-refractivity contribution < 1.29 is 19.4 Å². The van der Waals surface area contributed by atoms with Crippen molar-refractivity contribution in [2.75, 3.05) is 13.1 Å². The molecule has 0 unspecified atom stereocenters. The molecule has 1 aliphatic carbocycles. The van der Waals surface area contributed by atoms with Crippen LogP contribution in [0.15, 0.2) is 38.4 Å². The molecule has 24 heavy (non-hydrogen) atoms. The van der Waals surface area contributed by atoms with Crippen LogP contribution in [-0.4, -0.2) is 35.7 Å². The van der Waals surface area contributed by atoms with Crippen molar-refractivity contribution in [3.63, 3.8) is 0 Å². The largest absolute Gasteiger partial charge is 0.506 e. The summed E-state index contributed by atoms with van der Waals surface area (Å²) in [5.74, 6) is -0.697. The third-order valence-corrected chi connectivity index (χ3v) is 4.79. The number of carbonyl (C=O) groups is 2. The number of fused-ring (bicyclic) bond motifs is 1. The number of hydrogen-bond donors (Lipinski definition) is 2. The van der Waals surface area contributed by atoms with Crippen LogP contribution >= 0.6 is 11.6 Å². The number of allylic oxidation sites excluding steroid dienone is 4. The summed E-state index contributed by atoms with van der Waals surface area (Å²) in [5.41, 5.74) is 1.70. The van der Waals surface area contributed by atoms with E-state index in [0.29, 0.717) is 16.9 Å². The SMILES string of the molecule is CC(=O)OC1=C(C(=O)C2CCNCC2)N=C2CC(Cl)=C(O)C(C)=C21. The molecule has 3 aliphatic rings. The number of ketones is 1. The minimum Gasteiger partial charge on any atom is -0.506 e. The van der Waals surface area contributed by atoms with E-state index in [1.165, 1.54) is 6.92 Å². The lowest BCUT2D eigenvalue weighted by molar-refractivity contribution is -0.136. The summed E-state index contributed by atoms with van der Waals surface area (Å²) in [5, 5.41) is 13.6. The molecule has 0 aromatic rings. The van der Waals surface area contributed by atoms with Crippen LogP contribution in [0.1, 0.15) is 33.1 Å². The summed E-state index contributed by atoms with van der Waals surface area (Å²) in [4.78, 5) is 28.8. The monoisotopic (exact) mass is 350 g/mol. The van der Waals surface area contributed by atoms with Crippen LogP contribution in [0.5, 0.6) is 0 Å². The molecule has 6 nitrogen and oxygen atoms in total. The minimum atomic E-state index is -0.530. The van der Waals surface area contributed by atoms with E-state index in [4.69, 9.17) is 16.3 Å². The zero-order valence-corrected chi connectivity index (χ0v) is 14.4.